The van der Waals surface area contributed by atoms with Gasteiger partial charge in [-0.25, -0.2) is 14.4 Å². The number of ether oxygens (including phenoxy) is 1. The van der Waals surface area contributed by atoms with Crippen LogP contribution in [0.25, 0.3) is 0 Å². The van der Waals surface area contributed by atoms with E-state index in [1.807, 2.05) is 6.92 Å². The average Bonchev–Trinajstić information content (AvgIpc) is 3.38. The van der Waals surface area contributed by atoms with Gasteiger partial charge < -0.3 is 15.4 Å². The number of Topliss-reactive ketones (excluding diaryl/α,β-unsaturated/α-hetero) is 1. The summed E-state index contributed by atoms with van der Waals surface area (Å²) in [7, 11) is 0. The van der Waals surface area contributed by atoms with E-state index in [9.17, 15) is 27.2 Å². The Morgan fingerprint density at radius 3 is 2.49 bits per heavy atom. The Labute approximate surface area is 226 Å². The monoisotopic (exact) mass is 565 g/mol. The lowest BCUT2D eigenvalue weighted by atomic mass is 9.80. The van der Waals surface area contributed by atoms with Crippen LogP contribution >= 0.6 is 11.6 Å². The summed E-state index contributed by atoms with van der Waals surface area (Å²) in [6.45, 7) is 1.88. The van der Waals surface area contributed by atoms with E-state index in [1.165, 1.54) is 18.5 Å². The third kappa shape index (κ3) is 6.69. The molecule has 0 saturated carbocycles. The first-order chi connectivity index (χ1) is 18.5. The minimum atomic E-state index is -4.68. The first-order valence-corrected chi connectivity index (χ1v) is 12.4. The van der Waals surface area contributed by atoms with Crippen molar-refractivity contribution in [2.24, 2.45) is 5.41 Å². The Morgan fingerprint density at radius 2 is 1.87 bits per heavy atom. The highest BCUT2D eigenvalue weighted by atomic mass is 35.5. The number of benzene rings is 1. The van der Waals surface area contributed by atoms with E-state index in [1.54, 1.807) is 0 Å². The molecule has 2 N–H and O–H groups in total. The Morgan fingerprint density at radius 1 is 1.13 bits per heavy atom. The number of carbonyl (C=O) groups is 2. The standard InChI is InChI=1S/C26H24ClF4N5O3/c1-2-23-33-10-15(11-34-23)22(37)9-25(5-6-39-14-25)24(38)35-13-21-19(28)8-17(12-32-21)36-20-4-3-16(27)7-18(20)26(29,30)31/h3-4,7-8,10-12,36H,2,5-6,9,13-14H2,1H3,(H,35,38)/t25-/m0/s1. The normalized spacial score (nSPS) is 17.2. The zero-order chi connectivity index (χ0) is 28.2. The highest BCUT2D eigenvalue weighted by molar-refractivity contribution is 6.30. The Hall–Kier alpha value is -3.64. The summed E-state index contributed by atoms with van der Waals surface area (Å²) < 4.78 is 60.2. The van der Waals surface area contributed by atoms with E-state index in [0.717, 1.165) is 24.4 Å². The molecule has 39 heavy (non-hydrogen) atoms. The molecule has 206 valence electrons. The second kappa shape index (κ2) is 11.6. The van der Waals surface area contributed by atoms with Crippen LogP contribution in [0.3, 0.4) is 0 Å². The fourth-order valence-corrected chi connectivity index (χ4v) is 4.30. The van der Waals surface area contributed by atoms with Crippen molar-refractivity contribution in [3.63, 3.8) is 0 Å². The molecular weight excluding hydrogens is 542 g/mol. The van der Waals surface area contributed by atoms with Crippen LogP contribution in [0.1, 0.15) is 47.2 Å². The van der Waals surface area contributed by atoms with Gasteiger partial charge in [0, 0.05) is 42.9 Å². The average molecular weight is 566 g/mol. The van der Waals surface area contributed by atoms with Gasteiger partial charge in [0.15, 0.2) is 5.78 Å². The van der Waals surface area contributed by atoms with Gasteiger partial charge in [0.05, 0.1) is 53.0 Å². The number of aryl methyl sites for hydroxylation is 1. The molecule has 1 saturated heterocycles. The van der Waals surface area contributed by atoms with Crippen molar-refractivity contribution in [1.29, 1.82) is 0 Å². The number of ketones is 1. The fraction of sp³-hybridized carbons (Fsp3) is 0.346. The molecule has 1 amide bonds. The molecule has 0 spiro atoms. The molecule has 1 fully saturated rings. The largest absolute Gasteiger partial charge is 0.418 e. The van der Waals surface area contributed by atoms with Crippen molar-refractivity contribution < 1.29 is 31.9 Å². The molecule has 3 aromatic rings. The maximum atomic E-state index is 14.8. The van der Waals surface area contributed by atoms with Gasteiger partial charge in [0.1, 0.15) is 11.6 Å². The van der Waals surface area contributed by atoms with Gasteiger partial charge >= 0.3 is 6.18 Å². The van der Waals surface area contributed by atoms with Crippen molar-refractivity contribution in [2.75, 3.05) is 18.5 Å². The molecule has 1 aliphatic heterocycles. The summed E-state index contributed by atoms with van der Waals surface area (Å²) in [5.74, 6) is -1.08. The molecule has 3 heterocycles. The summed E-state index contributed by atoms with van der Waals surface area (Å²) in [4.78, 5) is 38.2. The first-order valence-electron chi connectivity index (χ1n) is 12.0. The van der Waals surface area contributed by atoms with Crippen LogP contribution in [0, 0.1) is 11.2 Å². The topological polar surface area (TPSA) is 106 Å². The van der Waals surface area contributed by atoms with Crippen molar-refractivity contribution >= 4 is 34.7 Å². The second-order valence-electron chi connectivity index (χ2n) is 9.07. The summed E-state index contributed by atoms with van der Waals surface area (Å²) >= 11 is 5.69. The van der Waals surface area contributed by atoms with Crippen molar-refractivity contribution in [2.45, 2.75) is 38.9 Å². The Balaban J connectivity index is 1.43. The van der Waals surface area contributed by atoms with Crippen LogP contribution in [-0.2, 0) is 28.7 Å². The number of hydrogen-bond acceptors (Lipinski definition) is 7. The molecule has 0 bridgehead atoms. The summed E-state index contributed by atoms with van der Waals surface area (Å²) in [6, 6.07) is 4.14. The second-order valence-corrected chi connectivity index (χ2v) is 9.51. The minimum Gasteiger partial charge on any atom is -0.380 e. The first kappa shape index (κ1) is 28.4. The number of halogens is 5. The van der Waals surface area contributed by atoms with E-state index < -0.39 is 28.9 Å². The van der Waals surface area contributed by atoms with Crippen molar-refractivity contribution in [1.82, 2.24) is 20.3 Å². The van der Waals surface area contributed by atoms with Gasteiger partial charge in [0.25, 0.3) is 0 Å². The highest BCUT2D eigenvalue weighted by Gasteiger charge is 2.44. The zero-order valence-corrected chi connectivity index (χ0v) is 21.5. The number of alkyl halides is 3. The number of rotatable bonds is 9. The number of anilines is 2. The SMILES string of the molecule is CCc1ncc(C(=O)C[C@@]2(C(=O)NCc3ncc(Nc4ccc(Cl)cc4C(F)(F)F)cc3F)CCOC2)cn1. The van der Waals surface area contributed by atoms with Crippen molar-refractivity contribution in [3.05, 3.63) is 76.3 Å². The van der Waals surface area contributed by atoms with Crippen LogP contribution in [0.15, 0.2) is 42.9 Å². The number of pyridine rings is 1. The van der Waals surface area contributed by atoms with E-state index >= 15 is 0 Å². The van der Waals surface area contributed by atoms with Crippen molar-refractivity contribution in [3.8, 4) is 0 Å². The molecule has 13 heteroatoms. The number of carbonyl (C=O) groups excluding carboxylic acids is 2. The lowest BCUT2D eigenvalue weighted by Gasteiger charge is -2.25. The van der Waals surface area contributed by atoms with Crippen LogP contribution < -0.4 is 10.6 Å². The van der Waals surface area contributed by atoms with E-state index in [-0.39, 0.29) is 59.6 Å². The van der Waals surface area contributed by atoms with E-state index in [2.05, 4.69) is 25.6 Å². The maximum Gasteiger partial charge on any atom is 0.418 e. The van der Waals surface area contributed by atoms with Crippen LogP contribution in [0.2, 0.25) is 5.02 Å². The van der Waals surface area contributed by atoms with Crippen LogP contribution in [0.5, 0.6) is 0 Å². The van der Waals surface area contributed by atoms with E-state index in [0.29, 0.717) is 18.7 Å². The third-order valence-electron chi connectivity index (χ3n) is 6.33. The van der Waals surface area contributed by atoms with Gasteiger partial charge in [0.2, 0.25) is 5.91 Å². The quantitative estimate of drug-likeness (QED) is 0.268. The van der Waals surface area contributed by atoms with E-state index in [4.69, 9.17) is 16.3 Å². The molecular formula is C26H24ClF4N5O3. The molecule has 0 radical (unpaired) electrons. The molecule has 1 atom stereocenters. The molecule has 0 aliphatic carbocycles. The molecule has 4 rings (SSSR count). The highest BCUT2D eigenvalue weighted by Crippen LogP contribution is 2.38. The third-order valence-corrected chi connectivity index (χ3v) is 6.56. The zero-order valence-electron chi connectivity index (χ0n) is 20.7. The smallest absolute Gasteiger partial charge is 0.380 e. The number of amides is 1. The summed E-state index contributed by atoms with van der Waals surface area (Å²) in [5.41, 5.74) is -2.38. The maximum absolute atomic E-state index is 14.8. The molecule has 1 aliphatic rings. The lowest BCUT2D eigenvalue weighted by molar-refractivity contribution is -0.137. The predicted octanol–water partition coefficient (Wildman–Crippen LogP) is 5.28. The van der Waals surface area contributed by atoms with Crippen LogP contribution in [-0.4, -0.2) is 39.9 Å². The summed E-state index contributed by atoms with van der Waals surface area (Å²) in [5, 5.41) is 5.02. The lowest BCUT2D eigenvalue weighted by Crippen LogP contribution is -2.43. The Kier molecular flexibility index (Phi) is 8.45. The number of nitrogens with one attached hydrogen (secondary N) is 2. The minimum absolute atomic E-state index is 0.0138. The predicted molar refractivity (Wildman–Crippen MR) is 134 cm³/mol. The van der Waals surface area contributed by atoms with Crippen LogP contribution in [0.4, 0.5) is 28.9 Å². The summed E-state index contributed by atoms with van der Waals surface area (Å²) in [6.07, 6.45) is 0.0767. The van der Waals surface area contributed by atoms with Gasteiger partial charge in [-0.2, -0.15) is 13.2 Å². The Bertz CT molecular complexity index is 1360. The number of hydrogen-bond donors (Lipinski definition) is 2. The molecule has 1 aromatic carbocycles. The molecule has 0 unspecified atom stereocenters. The number of nitrogens with zero attached hydrogens (tertiary/aromatic N) is 3. The van der Waals surface area contributed by atoms with Gasteiger partial charge in [-0.3, -0.25) is 14.6 Å². The fourth-order valence-electron chi connectivity index (χ4n) is 4.13. The molecule has 8 nitrogen and oxygen atoms in total. The molecule has 2 aromatic heterocycles. The van der Waals surface area contributed by atoms with Gasteiger partial charge in [-0.05, 0) is 24.6 Å². The van der Waals surface area contributed by atoms with Gasteiger partial charge in [-0.15, -0.1) is 0 Å². The number of aromatic nitrogens is 3. The van der Waals surface area contributed by atoms with Gasteiger partial charge in [-0.1, -0.05) is 18.5 Å².